The summed E-state index contributed by atoms with van der Waals surface area (Å²) in [6.07, 6.45) is 1.84. The minimum absolute atomic E-state index is 0.0988. The molecule has 0 bridgehead atoms. The maximum Gasteiger partial charge on any atom is 0.282 e. The molecule has 1 amide bonds. The molecule has 0 saturated carbocycles. The predicted molar refractivity (Wildman–Crippen MR) is 121 cm³/mol. The van der Waals surface area contributed by atoms with Gasteiger partial charge in [-0.25, -0.2) is 4.52 Å². The summed E-state index contributed by atoms with van der Waals surface area (Å²) in [5.74, 6) is 1.45. The highest BCUT2D eigenvalue weighted by Crippen LogP contribution is 2.24. The summed E-state index contributed by atoms with van der Waals surface area (Å²) in [7, 11) is 0. The van der Waals surface area contributed by atoms with Gasteiger partial charge in [-0.3, -0.25) is 20.0 Å². The number of piperazine rings is 1. The van der Waals surface area contributed by atoms with Crippen molar-refractivity contribution >= 4 is 34.7 Å². The number of benzene rings is 1. The van der Waals surface area contributed by atoms with Crippen molar-refractivity contribution in [2.75, 3.05) is 36.4 Å². The van der Waals surface area contributed by atoms with E-state index < -0.39 is 4.92 Å². The van der Waals surface area contributed by atoms with Crippen LogP contribution in [0.2, 0.25) is 0 Å². The first kappa shape index (κ1) is 20.4. The van der Waals surface area contributed by atoms with Crippen LogP contribution in [0.4, 0.5) is 23.3 Å². The van der Waals surface area contributed by atoms with E-state index in [2.05, 4.69) is 20.6 Å². The molecule has 1 aromatic carbocycles. The van der Waals surface area contributed by atoms with Gasteiger partial charge in [0.1, 0.15) is 11.1 Å². The van der Waals surface area contributed by atoms with Crippen molar-refractivity contribution in [2.24, 2.45) is 0 Å². The molecule has 168 valence electrons. The number of anilines is 3. The lowest BCUT2D eigenvalue weighted by Gasteiger charge is -2.34. The molecule has 1 saturated heterocycles. The molecule has 1 aliphatic rings. The molecule has 12 nitrogen and oxygen atoms in total. The number of para-hydroxylation sites is 1. The molecule has 5 rings (SSSR count). The lowest BCUT2D eigenvalue weighted by atomic mass is 10.1. The molecule has 0 aliphatic carbocycles. The van der Waals surface area contributed by atoms with Crippen LogP contribution in [0.3, 0.4) is 0 Å². The van der Waals surface area contributed by atoms with Crippen LogP contribution in [-0.2, 0) is 0 Å². The third kappa shape index (κ3) is 3.93. The lowest BCUT2D eigenvalue weighted by Crippen LogP contribution is -2.49. The average molecular weight is 447 g/mol. The fourth-order valence-electron chi connectivity index (χ4n) is 3.85. The number of fused-ring (bicyclic) bond motifs is 1. The number of rotatable bonds is 5. The van der Waals surface area contributed by atoms with Gasteiger partial charge in [-0.15, -0.1) is 5.10 Å². The number of aromatic nitrogens is 5. The quantitative estimate of drug-likeness (QED) is 0.351. The third-order valence-electron chi connectivity index (χ3n) is 5.51. The highest BCUT2D eigenvalue weighted by molar-refractivity contribution is 5.98. The van der Waals surface area contributed by atoms with Crippen molar-refractivity contribution in [3.05, 3.63) is 70.0 Å². The Morgan fingerprint density at radius 1 is 1.15 bits per heavy atom. The number of nitrogens with zero attached hydrogens (tertiary/aromatic N) is 7. The first-order chi connectivity index (χ1) is 16.0. The Hall–Kier alpha value is -4.48. The number of nitrogens with one attached hydrogen (secondary N) is 2. The molecule has 3 aromatic heterocycles. The second-order valence-electron chi connectivity index (χ2n) is 7.71. The van der Waals surface area contributed by atoms with Crippen molar-refractivity contribution < 1.29 is 9.72 Å². The largest absolute Gasteiger partial charge is 0.336 e. The van der Waals surface area contributed by atoms with E-state index in [0.717, 1.165) is 11.2 Å². The van der Waals surface area contributed by atoms with Crippen molar-refractivity contribution in [2.45, 2.75) is 6.92 Å². The number of amides is 1. The number of nitro benzene ring substituents is 1. The minimum Gasteiger partial charge on any atom is -0.336 e. The van der Waals surface area contributed by atoms with E-state index in [0.29, 0.717) is 43.8 Å². The molecule has 2 N–H and O–H groups in total. The summed E-state index contributed by atoms with van der Waals surface area (Å²) in [5.41, 5.74) is 1.65. The Labute approximate surface area is 188 Å². The number of nitro groups is 1. The van der Waals surface area contributed by atoms with E-state index in [1.165, 1.54) is 12.1 Å². The fourth-order valence-corrected chi connectivity index (χ4v) is 3.85. The normalized spacial score (nSPS) is 14.0. The lowest BCUT2D eigenvalue weighted by molar-refractivity contribution is -0.385. The molecular formula is C21H21N9O3. The van der Waals surface area contributed by atoms with Crippen LogP contribution in [0.1, 0.15) is 16.1 Å². The molecule has 0 atom stereocenters. The van der Waals surface area contributed by atoms with Gasteiger partial charge in [-0.05, 0) is 25.1 Å². The van der Waals surface area contributed by atoms with E-state index in [1.54, 1.807) is 21.5 Å². The van der Waals surface area contributed by atoms with E-state index >= 15 is 0 Å². The molecule has 0 spiro atoms. The highest BCUT2D eigenvalue weighted by atomic mass is 16.6. The number of carbonyl (C=O) groups excluding carboxylic acids is 1. The van der Waals surface area contributed by atoms with Gasteiger partial charge in [-0.2, -0.15) is 10.1 Å². The Morgan fingerprint density at radius 3 is 2.67 bits per heavy atom. The molecular weight excluding hydrogens is 426 g/mol. The zero-order valence-electron chi connectivity index (χ0n) is 17.8. The van der Waals surface area contributed by atoms with Crippen molar-refractivity contribution in [1.82, 2.24) is 29.7 Å². The summed E-state index contributed by atoms with van der Waals surface area (Å²) < 4.78 is 1.75. The van der Waals surface area contributed by atoms with Gasteiger partial charge in [0.25, 0.3) is 11.6 Å². The Kier molecular flexibility index (Phi) is 5.09. The molecule has 0 radical (unpaired) electrons. The van der Waals surface area contributed by atoms with Gasteiger partial charge in [-0.1, -0.05) is 12.1 Å². The van der Waals surface area contributed by atoms with Crippen LogP contribution < -0.4 is 10.2 Å². The number of H-pyrrole nitrogens is 1. The van der Waals surface area contributed by atoms with Gasteiger partial charge >= 0.3 is 0 Å². The van der Waals surface area contributed by atoms with Gasteiger partial charge in [0.05, 0.1) is 4.92 Å². The topological polar surface area (TPSA) is 138 Å². The maximum atomic E-state index is 12.9. The van der Waals surface area contributed by atoms with Crippen LogP contribution in [0, 0.1) is 17.0 Å². The van der Waals surface area contributed by atoms with Crippen molar-refractivity contribution in [3.8, 4) is 0 Å². The zero-order chi connectivity index (χ0) is 22.9. The summed E-state index contributed by atoms with van der Waals surface area (Å²) in [4.78, 5) is 32.0. The predicted octanol–water partition coefficient (Wildman–Crippen LogP) is 2.38. The van der Waals surface area contributed by atoms with Gasteiger partial charge in [0.15, 0.2) is 11.6 Å². The maximum absolute atomic E-state index is 12.9. The Morgan fingerprint density at radius 2 is 1.94 bits per heavy atom. The molecule has 1 fully saturated rings. The minimum atomic E-state index is -0.529. The third-order valence-corrected chi connectivity index (χ3v) is 5.51. The van der Waals surface area contributed by atoms with E-state index in [9.17, 15) is 14.9 Å². The summed E-state index contributed by atoms with van der Waals surface area (Å²) in [6, 6.07) is 11.7. The molecule has 4 heterocycles. The second-order valence-corrected chi connectivity index (χ2v) is 7.71. The van der Waals surface area contributed by atoms with E-state index in [4.69, 9.17) is 4.98 Å². The van der Waals surface area contributed by atoms with E-state index in [1.807, 2.05) is 36.2 Å². The Balaban J connectivity index is 1.34. The average Bonchev–Trinajstić information content (AvgIpc) is 3.47. The first-order valence-corrected chi connectivity index (χ1v) is 10.4. The van der Waals surface area contributed by atoms with Gasteiger partial charge in [0.2, 0.25) is 5.95 Å². The smallest absolute Gasteiger partial charge is 0.282 e. The number of carbonyl (C=O) groups is 1. The van der Waals surface area contributed by atoms with Crippen LogP contribution in [0.5, 0.6) is 0 Å². The Bertz CT molecular complexity index is 1340. The molecule has 12 heteroatoms. The van der Waals surface area contributed by atoms with Crippen LogP contribution >= 0.6 is 0 Å². The first-order valence-electron chi connectivity index (χ1n) is 10.4. The van der Waals surface area contributed by atoms with Crippen molar-refractivity contribution in [3.63, 3.8) is 0 Å². The highest BCUT2D eigenvalue weighted by Gasteiger charge is 2.28. The zero-order valence-corrected chi connectivity index (χ0v) is 17.8. The summed E-state index contributed by atoms with van der Waals surface area (Å²) in [6.45, 7) is 3.72. The van der Waals surface area contributed by atoms with Gasteiger partial charge in [0, 0.05) is 50.2 Å². The summed E-state index contributed by atoms with van der Waals surface area (Å²) in [5, 5.41) is 26.2. The fraction of sp³-hybridized carbons (Fsp3) is 0.238. The number of hydrogen-bond donors (Lipinski definition) is 2. The van der Waals surface area contributed by atoms with Crippen LogP contribution in [0.15, 0.2) is 48.7 Å². The van der Waals surface area contributed by atoms with E-state index in [-0.39, 0.29) is 17.2 Å². The van der Waals surface area contributed by atoms with Crippen LogP contribution in [0.25, 0.3) is 5.52 Å². The summed E-state index contributed by atoms with van der Waals surface area (Å²) >= 11 is 0. The van der Waals surface area contributed by atoms with Gasteiger partial charge < -0.3 is 15.1 Å². The molecule has 33 heavy (non-hydrogen) atoms. The molecule has 4 aromatic rings. The number of aromatic amines is 1. The monoisotopic (exact) mass is 447 g/mol. The second kappa shape index (κ2) is 8.22. The standard InChI is InChI=1S/C21H21N9O3/c1-14-13-18(25-24-14)22-19-17-7-4-8-29(17)26-21(23-19)28-11-9-27(10-12-28)20(31)15-5-2-3-6-16(15)30(32)33/h2-8,13H,9-12H2,1H3,(H2,22,23,24,25,26). The molecule has 0 unspecified atom stereocenters. The SMILES string of the molecule is Cc1cc(Nc2nc(N3CCN(C(=O)c4ccccc4[N+](=O)[O-])CC3)nn3cccc23)n[nH]1. The van der Waals surface area contributed by atoms with Crippen molar-refractivity contribution in [1.29, 1.82) is 0 Å². The number of hydrogen-bond acceptors (Lipinski definition) is 8. The van der Waals surface area contributed by atoms with Crippen LogP contribution in [-0.4, -0.2) is 66.7 Å². The molecule has 1 aliphatic heterocycles. The number of aryl methyl sites for hydroxylation is 1.